The number of allylic oxidation sites excluding steroid dienone is 1. The van der Waals surface area contributed by atoms with Crippen LogP contribution in [-0.2, 0) is 14.3 Å². The van der Waals surface area contributed by atoms with Crippen LogP contribution >= 0.6 is 11.3 Å². The van der Waals surface area contributed by atoms with Gasteiger partial charge in [0.2, 0.25) is 0 Å². The van der Waals surface area contributed by atoms with Gasteiger partial charge in [-0.15, -0.1) is 0 Å². The smallest absolute Gasteiger partial charge is 0.338 e. The first-order valence-electron chi connectivity index (χ1n) is 12.9. The Morgan fingerprint density at radius 3 is 2.50 bits per heavy atom. The topological polar surface area (TPSA) is 100 Å². The Morgan fingerprint density at radius 1 is 1.05 bits per heavy atom. The minimum absolute atomic E-state index is 0.262. The Morgan fingerprint density at radius 2 is 1.77 bits per heavy atom. The maximum absolute atomic E-state index is 13.8. The Labute approximate surface area is 234 Å². The number of fused-ring (bicyclic) bond motifs is 1. The average molecular weight is 557 g/mol. The lowest BCUT2D eigenvalue weighted by molar-refractivity contribution is -0.143. The van der Waals surface area contributed by atoms with Gasteiger partial charge in [-0.2, -0.15) is 0 Å². The van der Waals surface area contributed by atoms with E-state index in [0.29, 0.717) is 43.3 Å². The van der Waals surface area contributed by atoms with E-state index in [1.807, 2.05) is 36.4 Å². The number of hydrogen-bond donors (Lipinski definition) is 0. The highest BCUT2D eigenvalue weighted by Gasteiger charge is 2.33. The van der Waals surface area contributed by atoms with Crippen LogP contribution in [0.15, 0.2) is 92.2 Å². The summed E-state index contributed by atoms with van der Waals surface area (Å²) in [7, 11) is 0. The predicted octanol–water partition coefficient (Wildman–Crippen LogP) is 4.62. The van der Waals surface area contributed by atoms with Crippen molar-refractivity contribution in [2.45, 2.75) is 39.8 Å². The van der Waals surface area contributed by atoms with Crippen molar-refractivity contribution in [3.8, 4) is 11.3 Å². The number of furan rings is 1. The van der Waals surface area contributed by atoms with Crippen LogP contribution in [0.3, 0.4) is 0 Å². The highest BCUT2D eigenvalue weighted by atomic mass is 32.1. The van der Waals surface area contributed by atoms with Crippen molar-refractivity contribution < 1.29 is 23.5 Å². The molecule has 0 aliphatic carbocycles. The predicted molar refractivity (Wildman–Crippen MR) is 152 cm³/mol. The molecule has 1 aliphatic rings. The Hall–Kier alpha value is -4.50. The molecule has 1 unspecified atom stereocenters. The number of ether oxygens (including phenoxy) is 2. The Bertz CT molecular complexity index is 1790. The lowest BCUT2D eigenvalue weighted by Gasteiger charge is -2.25. The molecule has 0 saturated carbocycles. The number of benzene rings is 2. The third kappa shape index (κ3) is 5.20. The summed E-state index contributed by atoms with van der Waals surface area (Å²) in [6.45, 7) is 7.33. The van der Waals surface area contributed by atoms with Crippen molar-refractivity contribution >= 4 is 29.4 Å². The monoisotopic (exact) mass is 556 g/mol. The van der Waals surface area contributed by atoms with E-state index in [1.54, 1.807) is 64.1 Å². The molecule has 8 nitrogen and oxygen atoms in total. The van der Waals surface area contributed by atoms with Gasteiger partial charge in [-0.25, -0.2) is 14.6 Å². The second kappa shape index (κ2) is 11.3. The molecule has 0 radical (unpaired) electrons. The Balaban J connectivity index is 1.60. The lowest BCUT2D eigenvalue weighted by Crippen LogP contribution is -2.40. The number of carbonyl (C=O) groups is 2. The highest BCUT2D eigenvalue weighted by Crippen LogP contribution is 2.31. The van der Waals surface area contributed by atoms with Crippen LogP contribution in [0.1, 0.15) is 55.4 Å². The molecular formula is C31H28N2O6S. The quantitative estimate of drug-likeness (QED) is 0.308. The second-order valence-electron chi connectivity index (χ2n) is 9.41. The average Bonchev–Trinajstić information content (AvgIpc) is 3.52. The number of hydrogen-bond acceptors (Lipinski definition) is 8. The van der Waals surface area contributed by atoms with Crippen LogP contribution in [0.4, 0.5) is 0 Å². The van der Waals surface area contributed by atoms with E-state index in [0.717, 1.165) is 5.56 Å². The zero-order valence-electron chi connectivity index (χ0n) is 22.5. The number of rotatable bonds is 7. The summed E-state index contributed by atoms with van der Waals surface area (Å²) in [5, 5.41) is 0. The number of nitrogens with zero attached hydrogens (tertiary/aromatic N) is 2. The minimum Gasteiger partial charge on any atom is -0.462 e. The van der Waals surface area contributed by atoms with Gasteiger partial charge in [0.05, 0.1) is 40.1 Å². The van der Waals surface area contributed by atoms with E-state index in [4.69, 9.17) is 13.9 Å². The summed E-state index contributed by atoms with van der Waals surface area (Å²) in [6.07, 6.45) is 1.32. The minimum atomic E-state index is -0.686. The first-order valence-corrected chi connectivity index (χ1v) is 13.7. The van der Waals surface area contributed by atoms with E-state index in [2.05, 4.69) is 4.99 Å². The summed E-state index contributed by atoms with van der Waals surface area (Å²) in [5.41, 5.74) is 2.29. The van der Waals surface area contributed by atoms with Gasteiger partial charge in [0.1, 0.15) is 11.5 Å². The molecule has 0 saturated heterocycles. The van der Waals surface area contributed by atoms with Gasteiger partial charge in [-0.1, -0.05) is 59.9 Å². The van der Waals surface area contributed by atoms with Crippen molar-refractivity contribution in [2.75, 3.05) is 6.61 Å². The fourth-order valence-electron chi connectivity index (χ4n) is 4.60. The molecule has 204 valence electrons. The fourth-order valence-corrected chi connectivity index (χ4v) is 5.63. The maximum Gasteiger partial charge on any atom is 0.338 e. The van der Waals surface area contributed by atoms with Crippen molar-refractivity contribution in [1.29, 1.82) is 0 Å². The number of aromatic nitrogens is 1. The van der Waals surface area contributed by atoms with Gasteiger partial charge in [0, 0.05) is 11.6 Å². The fraction of sp³-hybridized carbons (Fsp3) is 0.226. The van der Waals surface area contributed by atoms with Crippen LogP contribution in [0.2, 0.25) is 0 Å². The summed E-state index contributed by atoms with van der Waals surface area (Å²) in [4.78, 5) is 44.5. The second-order valence-corrected chi connectivity index (χ2v) is 10.4. The molecule has 0 bridgehead atoms. The molecule has 40 heavy (non-hydrogen) atoms. The molecule has 1 atom stereocenters. The van der Waals surface area contributed by atoms with Crippen LogP contribution in [0.5, 0.6) is 0 Å². The van der Waals surface area contributed by atoms with Gasteiger partial charge in [0.15, 0.2) is 4.80 Å². The molecule has 0 spiro atoms. The van der Waals surface area contributed by atoms with Gasteiger partial charge in [-0.05, 0) is 51.5 Å². The standard InChI is InChI=1S/C31H28N2O6S/c1-5-37-29(35)23-14-10-9-13-22(23)24-16-15-21(39-24)17-25-28(34)33-27(20-11-7-6-8-12-20)26(30(36)38-18(2)3)19(4)32-31(33)40-25/h6-18,27H,5H2,1-4H3. The molecule has 0 amide bonds. The third-order valence-electron chi connectivity index (χ3n) is 6.29. The van der Waals surface area contributed by atoms with E-state index in [9.17, 15) is 14.4 Å². The van der Waals surface area contributed by atoms with Crippen molar-refractivity contribution in [3.05, 3.63) is 115 Å². The van der Waals surface area contributed by atoms with Gasteiger partial charge in [-0.3, -0.25) is 9.36 Å². The number of esters is 2. The van der Waals surface area contributed by atoms with E-state index in [-0.39, 0.29) is 18.3 Å². The zero-order valence-corrected chi connectivity index (χ0v) is 23.4. The van der Waals surface area contributed by atoms with Crippen molar-refractivity contribution in [3.63, 3.8) is 0 Å². The molecule has 1 aliphatic heterocycles. The number of thiazole rings is 1. The van der Waals surface area contributed by atoms with Crippen LogP contribution in [0.25, 0.3) is 17.4 Å². The molecular weight excluding hydrogens is 528 g/mol. The molecule has 4 aromatic rings. The van der Waals surface area contributed by atoms with Crippen molar-refractivity contribution in [2.24, 2.45) is 4.99 Å². The molecule has 0 fully saturated rings. The molecule has 2 aromatic carbocycles. The normalized spacial score (nSPS) is 15.1. The molecule has 9 heteroatoms. The third-order valence-corrected chi connectivity index (χ3v) is 7.27. The molecule has 3 heterocycles. The summed E-state index contributed by atoms with van der Waals surface area (Å²) in [5.74, 6) is -0.0347. The highest BCUT2D eigenvalue weighted by molar-refractivity contribution is 7.07. The van der Waals surface area contributed by atoms with E-state index in [1.165, 1.54) is 15.9 Å². The van der Waals surface area contributed by atoms with E-state index < -0.39 is 18.0 Å². The zero-order chi connectivity index (χ0) is 28.4. The first kappa shape index (κ1) is 27.1. The van der Waals surface area contributed by atoms with Gasteiger partial charge < -0.3 is 13.9 Å². The maximum atomic E-state index is 13.8. The van der Waals surface area contributed by atoms with Crippen LogP contribution in [-0.4, -0.2) is 29.2 Å². The SMILES string of the molecule is CCOC(=O)c1ccccc1-c1ccc(C=c2sc3n(c2=O)C(c2ccccc2)C(C(=O)OC(C)C)=C(C)N=3)o1. The summed E-state index contributed by atoms with van der Waals surface area (Å²) >= 11 is 1.21. The molecule has 0 N–H and O–H groups in total. The van der Waals surface area contributed by atoms with Crippen molar-refractivity contribution in [1.82, 2.24) is 4.57 Å². The van der Waals surface area contributed by atoms with Gasteiger partial charge >= 0.3 is 11.9 Å². The lowest BCUT2D eigenvalue weighted by atomic mass is 9.96. The summed E-state index contributed by atoms with van der Waals surface area (Å²) < 4.78 is 18.7. The Kier molecular flexibility index (Phi) is 7.66. The molecule has 5 rings (SSSR count). The van der Waals surface area contributed by atoms with Crippen LogP contribution < -0.4 is 14.9 Å². The van der Waals surface area contributed by atoms with Gasteiger partial charge in [0.25, 0.3) is 5.56 Å². The summed E-state index contributed by atoms with van der Waals surface area (Å²) in [6, 6.07) is 19.2. The first-order chi connectivity index (χ1) is 19.3. The number of carbonyl (C=O) groups excluding carboxylic acids is 2. The van der Waals surface area contributed by atoms with E-state index >= 15 is 0 Å². The van der Waals surface area contributed by atoms with Crippen LogP contribution in [0, 0.1) is 0 Å². The largest absolute Gasteiger partial charge is 0.462 e. The molecule has 2 aromatic heterocycles.